The molecule has 1 heterocycles. The van der Waals surface area contributed by atoms with Crippen molar-refractivity contribution in [3.05, 3.63) is 58.6 Å². The van der Waals surface area contributed by atoms with Crippen LogP contribution in [0.25, 0.3) is 0 Å². The fraction of sp³-hybridized carbons (Fsp3) is 0.286. The lowest BCUT2D eigenvalue weighted by atomic mass is 10.00. The number of ether oxygens (including phenoxy) is 2. The molecule has 0 unspecified atom stereocenters. The molecule has 8 nitrogen and oxygen atoms in total. The number of rotatable bonds is 7. The molecule has 30 heavy (non-hydrogen) atoms. The Balaban J connectivity index is 1.72. The molecule has 0 aromatic heterocycles. The predicted molar refractivity (Wildman–Crippen MR) is 110 cm³/mol. The molecule has 1 fully saturated rings. The van der Waals surface area contributed by atoms with Gasteiger partial charge in [-0.1, -0.05) is 36.7 Å². The Morgan fingerprint density at radius 3 is 2.57 bits per heavy atom. The number of urea groups is 1. The van der Waals surface area contributed by atoms with Crippen molar-refractivity contribution < 1.29 is 23.9 Å². The van der Waals surface area contributed by atoms with Crippen molar-refractivity contribution in [3.8, 4) is 11.5 Å². The number of halogens is 1. The molecule has 3 rings (SSSR count). The molecule has 1 aliphatic heterocycles. The molecule has 2 aromatic rings. The second-order valence-electron chi connectivity index (χ2n) is 6.94. The monoisotopic (exact) mass is 431 g/mol. The van der Waals surface area contributed by atoms with E-state index in [0.717, 1.165) is 5.56 Å². The molecule has 2 N–H and O–H groups in total. The van der Waals surface area contributed by atoms with E-state index in [1.165, 1.54) is 19.2 Å². The number of amides is 4. The number of carbonyl (C=O) groups is 3. The van der Waals surface area contributed by atoms with Gasteiger partial charge in [0.25, 0.3) is 11.8 Å². The van der Waals surface area contributed by atoms with Gasteiger partial charge in [0.2, 0.25) is 0 Å². The summed E-state index contributed by atoms with van der Waals surface area (Å²) in [5.74, 6) is -0.405. The first-order valence-electron chi connectivity index (χ1n) is 9.31. The molecule has 0 spiro atoms. The first kappa shape index (κ1) is 21.4. The van der Waals surface area contributed by atoms with E-state index in [-0.39, 0.29) is 12.2 Å². The van der Waals surface area contributed by atoms with E-state index in [2.05, 4.69) is 10.7 Å². The van der Waals surface area contributed by atoms with Crippen LogP contribution >= 0.6 is 11.6 Å². The van der Waals surface area contributed by atoms with Crippen LogP contribution in [0.1, 0.15) is 36.2 Å². The van der Waals surface area contributed by atoms with E-state index in [0.29, 0.717) is 28.0 Å². The Morgan fingerprint density at radius 2 is 1.93 bits per heavy atom. The Labute approximate surface area is 179 Å². The topological polar surface area (TPSA) is 97.0 Å². The number of hydrogen-bond donors (Lipinski definition) is 2. The predicted octanol–water partition coefficient (Wildman–Crippen LogP) is 3.29. The van der Waals surface area contributed by atoms with E-state index < -0.39 is 23.4 Å². The van der Waals surface area contributed by atoms with Crippen LogP contribution in [-0.4, -0.2) is 35.5 Å². The first-order valence-corrected chi connectivity index (χ1v) is 9.68. The standard InChI is InChI=1S/C21H22ClN3O5/c1-4-21(2)19(27)25(20(28)23-21)24-18(26)13-9-10-16(17(11-13)29-3)30-12-14-7-5-6-8-15(14)22/h5-11H,4,12H2,1-3H3,(H,23,28)(H,24,26)/t21-/m0/s1. The molecule has 1 aliphatic rings. The highest BCUT2D eigenvalue weighted by molar-refractivity contribution is 6.31. The Bertz CT molecular complexity index is 996. The fourth-order valence-electron chi connectivity index (χ4n) is 2.89. The van der Waals surface area contributed by atoms with Gasteiger partial charge >= 0.3 is 6.03 Å². The van der Waals surface area contributed by atoms with Gasteiger partial charge in [-0.05, 0) is 37.6 Å². The fourth-order valence-corrected chi connectivity index (χ4v) is 3.08. The molecular weight excluding hydrogens is 410 g/mol. The van der Waals surface area contributed by atoms with Crippen LogP contribution in [0.3, 0.4) is 0 Å². The van der Waals surface area contributed by atoms with Gasteiger partial charge < -0.3 is 14.8 Å². The Kier molecular flexibility index (Phi) is 6.17. The van der Waals surface area contributed by atoms with Crippen LogP contribution in [0.2, 0.25) is 5.02 Å². The number of hydrazine groups is 1. The average Bonchev–Trinajstić information content (AvgIpc) is 2.96. The first-order chi connectivity index (χ1) is 14.3. The minimum Gasteiger partial charge on any atom is -0.493 e. The maximum absolute atomic E-state index is 12.6. The SMILES string of the molecule is CC[C@]1(C)NC(=O)N(NC(=O)c2ccc(OCc3ccccc3Cl)c(OC)c2)C1=O. The van der Waals surface area contributed by atoms with Crippen LogP contribution in [0.5, 0.6) is 11.5 Å². The number of nitrogens with one attached hydrogen (secondary N) is 2. The molecule has 2 aromatic carbocycles. The summed E-state index contributed by atoms with van der Waals surface area (Å²) < 4.78 is 11.1. The van der Waals surface area contributed by atoms with Crippen LogP contribution in [-0.2, 0) is 11.4 Å². The van der Waals surface area contributed by atoms with Crippen molar-refractivity contribution in [3.63, 3.8) is 0 Å². The maximum atomic E-state index is 12.6. The van der Waals surface area contributed by atoms with Gasteiger partial charge in [-0.3, -0.25) is 15.0 Å². The summed E-state index contributed by atoms with van der Waals surface area (Å²) in [5.41, 5.74) is 2.30. The zero-order valence-corrected chi connectivity index (χ0v) is 17.6. The van der Waals surface area contributed by atoms with Gasteiger partial charge in [-0.15, -0.1) is 0 Å². The van der Waals surface area contributed by atoms with E-state index >= 15 is 0 Å². The van der Waals surface area contributed by atoms with Gasteiger partial charge in [0.15, 0.2) is 11.5 Å². The second-order valence-corrected chi connectivity index (χ2v) is 7.35. The number of nitrogens with zero attached hydrogens (tertiary/aromatic N) is 1. The van der Waals surface area contributed by atoms with E-state index in [1.54, 1.807) is 26.0 Å². The molecule has 9 heteroatoms. The van der Waals surface area contributed by atoms with Crippen LogP contribution in [0.15, 0.2) is 42.5 Å². The molecule has 1 saturated heterocycles. The van der Waals surface area contributed by atoms with Crippen molar-refractivity contribution in [2.24, 2.45) is 0 Å². The minimum absolute atomic E-state index is 0.197. The van der Waals surface area contributed by atoms with Crippen molar-refractivity contribution >= 4 is 29.4 Å². The highest BCUT2D eigenvalue weighted by Gasteiger charge is 2.47. The molecule has 0 radical (unpaired) electrons. The van der Waals surface area contributed by atoms with Gasteiger partial charge in [0.05, 0.1) is 7.11 Å². The summed E-state index contributed by atoms with van der Waals surface area (Å²) in [6.07, 6.45) is 0.398. The molecular formula is C21H22ClN3O5. The highest BCUT2D eigenvalue weighted by Crippen LogP contribution is 2.30. The van der Waals surface area contributed by atoms with Gasteiger partial charge in [-0.2, -0.15) is 5.01 Å². The van der Waals surface area contributed by atoms with E-state index in [9.17, 15) is 14.4 Å². The van der Waals surface area contributed by atoms with Crippen molar-refractivity contribution in [2.45, 2.75) is 32.4 Å². The largest absolute Gasteiger partial charge is 0.493 e. The van der Waals surface area contributed by atoms with Gasteiger partial charge in [0.1, 0.15) is 12.1 Å². The third-order valence-corrected chi connectivity index (χ3v) is 5.32. The van der Waals surface area contributed by atoms with Crippen molar-refractivity contribution in [2.75, 3.05) is 7.11 Å². The second kappa shape index (κ2) is 8.62. The molecule has 0 bridgehead atoms. The average molecular weight is 432 g/mol. The Hall–Kier alpha value is -3.26. The number of imide groups is 1. The maximum Gasteiger partial charge on any atom is 0.344 e. The molecule has 0 aliphatic carbocycles. The minimum atomic E-state index is -1.04. The third-order valence-electron chi connectivity index (χ3n) is 4.95. The summed E-state index contributed by atoms with van der Waals surface area (Å²) in [4.78, 5) is 37.1. The highest BCUT2D eigenvalue weighted by atomic mass is 35.5. The lowest BCUT2D eigenvalue weighted by Crippen LogP contribution is -2.48. The number of hydrogen-bond acceptors (Lipinski definition) is 5. The number of benzene rings is 2. The normalized spacial score (nSPS) is 18.2. The molecule has 0 saturated carbocycles. The molecule has 1 atom stereocenters. The van der Waals surface area contributed by atoms with Crippen LogP contribution < -0.4 is 20.2 Å². The van der Waals surface area contributed by atoms with E-state index in [1.807, 2.05) is 18.2 Å². The smallest absolute Gasteiger partial charge is 0.344 e. The number of carbonyl (C=O) groups excluding carboxylic acids is 3. The van der Waals surface area contributed by atoms with Crippen LogP contribution in [0.4, 0.5) is 4.79 Å². The van der Waals surface area contributed by atoms with E-state index in [4.69, 9.17) is 21.1 Å². The quantitative estimate of drug-likeness (QED) is 0.655. The Morgan fingerprint density at radius 1 is 1.20 bits per heavy atom. The summed E-state index contributed by atoms with van der Waals surface area (Å²) in [6, 6.07) is 11.2. The summed E-state index contributed by atoms with van der Waals surface area (Å²) >= 11 is 6.14. The molecule has 4 amide bonds. The summed E-state index contributed by atoms with van der Waals surface area (Å²) in [7, 11) is 1.45. The zero-order chi connectivity index (χ0) is 21.9. The number of methoxy groups -OCH3 is 1. The lowest BCUT2D eigenvalue weighted by Gasteiger charge is -2.19. The third kappa shape index (κ3) is 4.18. The summed E-state index contributed by atoms with van der Waals surface area (Å²) in [5, 5.41) is 3.85. The van der Waals surface area contributed by atoms with Crippen LogP contribution in [0, 0.1) is 0 Å². The zero-order valence-electron chi connectivity index (χ0n) is 16.8. The lowest BCUT2D eigenvalue weighted by molar-refractivity contribution is -0.132. The molecule has 158 valence electrons. The van der Waals surface area contributed by atoms with Crippen molar-refractivity contribution in [1.29, 1.82) is 0 Å². The van der Waals surface area contributed by atoms with Gasteiger partial charge in [-0.25, -0.2) is 4.79 Å². The summed E-state index contributed by atoms with van der Waals surface area (Å²) in [6.45, 7) is 3.60. The van der Waals surface area contributed by atoms with Gasteiger partial charge in [0, 0.05) is 16.1 Å². The van der Waals surface area contributed by atoms with Crippen molar-refractivity contribution in [1.82, 2.24) is 15.8 Å².